The van der Waals surface area contributed by atoms with E-state index in [0.29, 0.717) is 0 Å². The second-order valence-electron chi connectivity index (χ2n) is 3.75. The third-order valence-electron chi connectivity index (χ3n) is 2.30. The highest BCUT2D eigenvalue weighted by atomic mass is 79.9. The Labute approximate surface area is 128 Å². The van der Waals surface area contributed by atoms with Gasteiger partial charge in [0.25, 0.3) is 10.0 Å². The molecule has 0 aliphatic carbocycles. The highest BCUT2D eigenvalue weighted by molar-refractivity contribution is 9.10. The second-order valence-corrected chi connectivity index (χ2v) is 6.67. The zero-order valence-corrected chi connectivity index (χ0v) is 12.9. The molecule has 0 amide bonds. The molecule has 0 aliphatic rings. The Balaban J connectivity index is 2.49. The van der Waals surface area contributed by atoms with Gasteiger partial charge in [-0.2, -0.15) is 0 Å². The van der Waals surface area contributed by atoms with Crippen LogP contribution in [0, 0.1) is 5.82 Å². The van der Waals surface area contributed by atoms with Crippen LogP contribution in [0.15, 0.2) is 39.8 Å². The van der Waals surface area contributed by atoms with Crippen molar-refractivity contribution in [2.45, 2.75) is 4.90 Å². The summed E-state index contributed by atoms with van der Waals surface area (Å²) < 4.78 is 40.3. The van der Waals surface area contributed by atoms with E-state index in [0.717, 1.165) is 6.07 Å². The van der Waals surface area contributed by atoms with E-state index < -0.39 is 20.7 Å². The maximum absolute atomic E-state index is 13.9. The van der Waals surface area contributed by atoms with Crippen molar-refractivity contribution in [3.8, 4) is 0 Å². The van der Waals surface area contributed by atoms with E-state index in [9.17, 15) is 12.8 Å². The molecule has 0 saturated heterocycles. The summed E-state index contributed by atoms with van der Waals surface area (Å²) in [6.45, 7) is 0. The van der Waals surface area contributed by atoms with Gasteiger partial charge in [0.05, 0.1) is 9.50 Å². The van der Waals surface area contributed by atoms with Gasteiger partial charge < -0.3 is 5.73 Å². The summed E-state index contributed by atoms with van der Waals surface area (Å²) in [5.74, 6) is -1.04. The smallest absolute Gasteiger partial charge is 0.266 e. The van der Waals surface area contributed by atoms with Crippen molar-refractivity contribution < 1.29 is 12.8 Å². The lowest BCUT2D eigenvalue weighted by atomic mass is 10.3. The Morgan fingerprint density at radius 1 is 1.40 bits per heavy atom. The molecular weight excluding hydrogens is 373 g/mol. The van der Waals surface area contributed by atoms with Crippen LogP contribution in [0.25, 0.3) is 0 Å². The molecule has 20 heavy (non-hydrogen) atoms. The average Bonchev–Trinajstić information content (AvgIpc) is 2.36. The van der Waals surface area contributed by atoms with Crippen LogP contribution < -0.4 is 10.5 Å². The van der Waals surface area contributed by atoms with Crippen LogP contribution in [-0.4, -0.2) is 13.4 Å². The Morgan fingerprint density at radius 2 is 2.10 bits per heavy atom. The Kier molecular flexibility index (Phi) is 4.17. The maximum Gasteiger partial charge on any atom is 0.266 e. The van der Waals surface area contributed by atoms with Crippen molar-refractivity contribution in [3.05, 3.63) is 45.8 Å². The van der Waals surface area contributed by atoms with E-state index in [1.165, 1.54) is 24.4 Å². The average molecular weight is 381 g/mol. The van der Waals surface area contributed by atoms with Gasteiger partial charge >= 0.3 is 0 Å². The number of nitrogen functional groups attached to an aromatic ring is 1. The standard InChI is InChI=1S/C11H8BrClFN3O2S/c12-7-4-6(15)5-9(10(7)14)20(18,19)17-11-8(13)2-1-3-16-11/h1-5H,15H2,(H,16,17). The van der Waals surface area contributed by atoms with Gasteiger partial charge in [-0.1, -0.05) is 11.6 Å². The van der Waals surface area contributed by atoms with Gasteiger partial charge in [0.15, 0.2) is 11.6 Å². The minimum atomic E-state index is -4.19. The van der Waals surface area contributed by atoms with Gasteiger partial charge in [-0.25, -0.2) is 17.8 Å². The van der Waals surface area contributed by atoms with E-state index in [1.54, 1.807) is 0 Å². The first-order valence-corrected chi connectivity index (χ1v) is 7.84. The van der Waals surface area contributed by atoms with E-state index in [2.05, 4.69) is 25.6 Å². The van der Waals surface area contributed by atoms with Gasteiger partial charge in [0.1, 0.15) is 4.90 Å². The van der Waals surface area contributed by atoms with E-state index in [-0.39, 0.29) is 21.0 Å². The molecule has 1 heterocycles. The minimum Gasteiger partial charge on any atom is -0.399 e. The molecule has 9 heteroatoms. The number of benzene rings is 1. The number of sulfonamides is 1. The first-order chi connectivity index (χ1) is 9.31. The van der Waals surface area contributed by atoms with Gasteiger partial charge in [-0.05, 0) is 40.2 Å². The number of nitrogens with zero attached hydrogens (tertiary/aromatic N) is 1. The number of aromatic nitrogens is 1. The molecule has 0 saturated carbocycles. The first-order valence-electron chi connectivity index (χ1n) is 5.19. The summed E-state index contributed by atoms with van der Waals surface area (Å²) in [7, 11) is -4.19. The fraction of sp³-hybridized carbons (Fsp3) is 0. The van der Waals surface area contributed by atoms with Gasteiger partial charge in [0, 0.05) is 11.9 Å². The lowest BCUT2D eigenvalue weighted by molar-refractivity contribution is 0.566. The zero-order chi connectivity index (χ0) is 14.9. The Morgan fingerprint density at radius 3 is 2.75 bits per heavy atom. The molecule has 1 aromatic carbocycles. The highest BCUT2D eigenvalue weighted by Crippen LogP contribution is 2.28. The number of anilines is 2. The van der Waals surface area contributed by atoms with Crippen molar-refractivity contribution in [3.63, 3.8) is 0 Å². The number of hydrogen-bond acceptors (Lipinski definition) is 4. The van der Waals surface area contributed by atoms with Crippen molar-refractivity contribution in [2.75, 3.05) is 10.5 Å². The van der Waals surface area contributed by atoms with Crippen molar-refractivity contribution in [1.82, 2.24) is 4.98 Å². The summed E-state index contributed by atoms with van der Waals surface area (Å²) in [4.78, 5) is 3.18. The molecule has 0 radical (unpaired) electrons. The van der Waals surface area contributed by atoms with Crippen molar-refractivity contribution >= 4 is 49.1 Å². The molecule has 0 fully saturated rings. The highest BCUT2D eigenvalue weighted by Gasteiger charge is 2.23. The van der Waals surface area contributed by atoms with Crippen LogP contribution >= 0.6 is 27.5 Å². The molecular formula is C11H8BrClFN3O2S. The molecule has 1 aromatic heterocycles. The summed E-state index contributed by atoms with van der Waals surface area (Å²) in [6, 6.07) is 5.28. The van der Waals surface area contributed by atoms with Crippen LogP contribution in [0.2, 0.25) is 5.02 Å². The normalized spacial score (nSPS) is 11.3. The van der Waals surface area contributed by atoms with Gasteiger partial charge in [-0.15, -0.1) is 0 Å². The van der Waals surface area contributed by atoms with Crippen molar-refractivity contribution in [1.29, 1.82) is 0 Å². The molecule has 0 aliphatic heterocycles. The molecule has 0 bridgehead atoms. The number of rotatable bonds is 3. The Hall–Kier alpha value is -1.38. The maximum atomic E-state index is 13.9. The largest absolute Gasteiger partial charge is 0.399 e. The summed E-state index contributed by atoms with van der Waals surface area (Å²) >= 11 is 8.70. The molecule has 0 atom stereocenters. The SMILES string of the molecule is Nc1cc(Br)c(F)c(S(=O)(=O)Nc2ncccc2Cl)c1. The molecule has 0 spiro atoms. The quantitative estimate of drug-likeness (QED) is 0.802. The zero-order valence-electron chi connectivity index (χ0n) is 9.77. The van der Waals surface area contributed by atoms with Gasteiger partial charge in [0.2, 0.25) is 0 Å². The van der Waals surface area contributed by atoms with Crippen LogP contribution in [0.5, 0.6) is 0 Å². The summed E-state index contributed by atoms with van der Waals surface area (Å²) in [5.41, 5.74) is 5.62. The van der Waals surface area contributed by atoms with Gasteiger partial charge in [-0.3, -0.25) is 4.72 Å². The molecule has 0 unspecified atom stereocenters. The molecule has 5 nitrogen and oxygen atoms in total. The number of hydrogen-bond donors (Lipinski definition) is 2. The molecule has 3 N–H and O–H groups in total. The summed E-state index contributed by atoms with van der Waals surface area (Å²) in [5, 5.41) is 0.0967. The number of nitrogens with one attached hydrogen (secondary N) is 1. The predicted molar refractivity (Wildman–Crippen MR) is 78.6 cm³/mol. The topological polar surface area (TPSA) is 85.1 Å². The first kappa shape index (κ1) is 15.0. The number of pyridine rings is 1. The van der Waals surface area contributed by atoms with E-state index in [1.807, 2.05) is 0 Å². The molecule has 106 valence electrons. The molecule has 2 rings (SSSR count). The second kappa shape index (κ2) is 5.55. The third-order valence-corrected chi connectivity index (χ3v) is 4.52. The predicted octanol–water partition coefficient (Wildman–Crippen LogP) is 3.02. The Bertz CT molecular complexity index is 770. The van der Waals surface area contributed by atoms with Crippen LogP contribution in [0.1, 0.15) is 0 Å². The lowest BCUT2D eigenvalue weighted by Gasteiger charge is -2.10. The van der Waals surface area contributed by atoms with Crippen LogP contribution in [0.3, 0.4) is 0 Å². The fourth-order valence-electron chi connectivity index (χ4n) is 1.42. The number of halogens is 3. The summed E-state index contributed by atoms with van der Waals surface area (Å²) in [6.07, 6.45) is 1.36. The van der Waals surface area contributed by atoms with E-state index in [4.69, 9.17) is 17.3 Å². The minimum absolute atomic E-state index is 0.0509. The third kappa shape index (κ3) is 3.02. The van der Waals surface area contributed by atoms with Crippen LogP contribution in [-0.2, 0) is 10.0 Å². The monoisotopic (exact) mass is 379 g/mol. The number of nitrogens with two attached hydrogens (primary N) is 1. The van der Waals surface area contributed by atoms with Crippen LogP contribution in [0.4, 0.5) is 15.9 Å². The van der Waals surface area contributed by atoms with Crippen molar-refractivity contribution in [2.24, 2.45) is 0 Å². The van der Waals surface area contributed by atoms with E-state index >= 15 is 0 Å². The molecule has 2 aromatic rings. The lowest BCUT2D eigenvalue weighted by Crippen LogP contribution is -2.16. The fourth-order valence-corrected chi connectivity index (χ4v) is 3.42.